The Morgan fingerprint density at radius 2 is 1.09 bits per heavy atom. The van der Waals surface area contributed by atoms with Gasteiger partial charge in [0.25, 0.3) is 0 Å². The number of nitriles is 2. The van der Waals surface area contributed by atoms with Gasteiger partial charge in [-0.05, 0) is 79.9 Å². The fraction of sp³-hybridized carbons (Fsp3) is 0.400. The van der Waals surface area contributed by atoms with Crippen molar-refractivity contribution in [3.63, 3.8) is 0 Å². The van der Waals surface area contributed by atoms with E-state index in [1.54, 1.807) is 72.8 Å². The predicted octanol–water partition coefficient (Wildman–Crippen LogP) is 3.64. The molecule has 78 heavy (non-hydrogen) atoms. The molecule has 2 aromatic carbocycles. The number of esters is 2. The van der Waals surface area contributed by atoms with Crippen molar-refractivity contribution in [2.24, 2.45) is 5.41 Å². The Labute approximate surface area is 447 Å². The number of carbonyl (C=O) groups excluding carboxylic acids is 2. The van der Waals surface area contributed by atoms with Crippen LogP contribution < -0.4 is 30.7 Å². The fourth-order valence-corrected chi connectivity index (χ4v) is 11.2. The minimum atomic E-state index is -4.31. The van der Waals surface area contributed by atoms with E-state index in [4.69, 9.17) is 43.8 Å². The SMILES string of the molecule is COC(=O)[C@H](C)N[P@](=O)(OC[C@H]1O[C@@](C#N)(c2ccc3c(N)ccnn23)[C@H](O)[C@@H]1O)Oc1ccccc1.C[C@H](N[P@](=O)(OC[C@H]1O[C@@](C#N)(c2ccc3c(N)ccnn23)[C@H](O)[C@@H]1O)Oc1ccccc1)C(=O)OCC(C)(C)C. The number of methoxy groups -OCH3 is 1. The van der Waals surface area contributed by atoms with E-state index in [0.717, 1.165) is 0 Å². The molecule has 0 radical (unpaired) electrons. The van der Waals surface area contributed by atoms with E-state index in [-0.39, 0.29) is 34.9 Å². The summed E-state index contributed by atoms with van der Waals surface area (Å²) in [4.78, 5) is 24.5. The standard InChI is InChI=1S/C27H34N5O8P.C23H26N5O8P/c1-17(25(35)37-16-26(2,3)4)31-41(36,40-18-8-6-5-7-9-18)38-14-21-23(33)24(34)27(15-28,39-21)22-11-10-20-19(29)12-13-30-32(20)22;1-14(22(31)33-2)27-37(32,36-15-6-4-3-5-7-15)34-12-18-20(29)21(30)23(13-24,35-18)19-9-8-17-16(25)10-11-26-28(17)19/h5-13,17,21,23-24,33-34H,14,16,29H2,1-4H3,(H,31,36);3-11,14,18,20-21,29-30H,12,25H2,1-2H3,(H,27,32)/t17-,21+,23+,24+,27-,41-;14-,18+,20+,21+,23-,37-/m00/s1. The monoisotopic (exact) mass is 1120 g/mol. The smallest absolute Gasteiger partial charge is 0.459 e. The van der Waals surface area contributed by atoms with Gasteiger partial charge >= 0.3 is 27.4 Å². The van der Waals surface area contributed by atoms with Crippen LogP contribution >= 0.6 is 15.5 Å². The quantitative estimate of drug-likeness (QED) is 0.0424. The Kier molecular flexibility index (Phi) is 18.0. The van der Waals surface area contributed by atoms with E-state index in [9.17, 15) is 49.7 Å². The van der Waals surface area contributed by atoms with Crippen LogP contribution in [0.15, 0.2) is 109 Å². The van der Waals surface area contributed by atoms with Crippen molar-refractivity contribution in [2.45, 2.75) is 94.5 Å². The summed E-state index contributed by atoms with van der Waals surface area (Å²) in [5.74, 6) is -1.04. The second kappa shape index (κ2) is 23.9. The number of aromatic nitrogens is 4. The van der Waals surface area contributed by atoms with Gasteiger partial charge in [0.1, 0.15) is 72.3 Å². The summed E-state index contributed by atoms with van der Waals surface area (Å²) < 4.78 is 74.2. The van der Waals surface area contributed by atoms with Crippen LogP contribution in [-0.4, -0.2) is 127 Å². The average Bonchev–Trinajstić information content (AvgIpc) is 4.19. The summed E-state index contributed by atoms with van der Waals surface area (Å²) in [7, 11) is -7.40. The molecule has 0 amide bonds. The molecule has 4 aromatic heterocycles. The van der Waals surface area contributed by atoms with Gasteiger partial charge in [-0.15, -0.1) is 0 Å². The first-order valence-electron chi connectivity index (χ1n) is 24.1. The summed E-state index contributed by atoms with van der Waals surface area (Å²) in [5.41, 5.74) is 9.56. The number of anilines is 2. The van der Waals surface area contributed by atoms with Crippen LogP contribution in [0.25, 0.3) is 11.0 Å². The second-order valence-electron chi connectivity index (χ2n) is 19.3. The van der Waals surface area contributed by atoms with Crippen LogP contribution in [0.5, 0.6) is 11.5 Å². The number of carbonyl (C=O) groups is 2. The third kappa shape index (κ3) is 12.6. The van der Waals surface area contributed by atoms with E-state index in [1.807, 2.05) is 32.9 Å². The maximum absolute atomic E-state index is 13.9. The highest BCUT2D eigenvalue weighted by atomic mass is 31.2. The lowest BCUT2D eigenvalue weighted by Crippen LogP contribution is -2.41. The second-order valence-corrected chi connectivity index (χ2v) is 22.7. The first kappa shape index (κ1) is 58.7. The van der Waals surface area contributed by atoms with Crippen LogP contribution in [0, 0.1) is 28.1 Å². The summed E-state index contributed by atoms with van der Waals surface area (Å²) in [6.07, 6.45) is -6.49. The van der Waals surface area contributed by atoms with Gasteiger partial charge in [-0.25, -0.2) is 18.2 Å². The Hall–Kier alpha value is -7.00. The maximum Gasteiger partial charge on any atom is 0.459 e. The number of hydrogen-bond donors (Lipinski definition) is 8. The van der Waals surface area contributed by atoms with Crippen LogP contribution in [0.2, 0.25) is 0 Å². The minimum Gasteiger partial charge on any atom is -0.468 e. The minimum absolute atomic E-state index is 0.132. The molecule has 2 aliphatic heterocycles. The number of nitrogens with one attached hydrogen (secondary N) is 2. The number of rotatable bonds is 19. The molecule has 26 nitrogen and oxygen atoms in total. The van der Waals surface area contributed by atoms with Crippen molar-refractivity contribution >= 4 is 49.8 Å². The molecule has 8 rings (SSSR count). The van der Waals surface area contributed by atoms with Gasteiger partial charge < -0.3 is 59.9 Å². The normalized spacial score (nSPS) is 25.3. The average molecular weight is 1120 g/mol. The molecule has 0 saturated carbocycles. The maximum atomic E-state index is 13.9. The van der Waals surface area contributed by atoms with Gasteiger partial charge in [0.15, 0.2) is 0 Å². The third-order valence-corrected chi connectivity index (χ3v) is 15.5. The molecule has 6 aromatic rings. The fourth-order valence-electron chi connectivity index (χ4n) is 8.20. The van der Waals surface area contributed by atoms with Gasteiger partial charge in [-0.2, -0.15) is 30.9 Å². The van der Waals surface area contributed by atoms with Gasteiger partial charge in [-0.1, -0.05) is 57.2 Å². The molecule has 416 valence electrons. The molecule has 28 heteroatoms. The first-order chi connectivity index (χ1) is 36.9. The molecule has 0 unspecified atom stereocenters. The molecule has 0 bridgehead atoms. The molecule has 0 aliphatic carbocycles. The molecule has 12 atom stereocenters. The van der Waals surface area contributed by atoms with Gasteiger partial charge in [0.2, 0.25) is 11.2 Å². The van der Waals surface area contributed by atoms with Crippen molar-refractivity contribution in [2.75, 3.05) is 38.4 Å². The molecule has 2 aliphatic rings. The number of nitrogen functional groups attached to an aromatic ring is 2. The Morgan fingerprint density at radius 3 is 1.46 bits per heavy atom. The molecular weight excluding hydrogens is 1060 g/mol. The Bertz CT molecular complexity index is 3260. The van der Waals surface area contributed by atoms with Crippen molar-refractivity contribution < 1.29 is 76.2 Å². The van der Waals surface area contributed by atoms with Crippen molar-refractivity contribution in [1.82, 2.24) is 29.4 Å². The lowest BCUT2D eigenvalue weighted by Gasteiger charge is -2.26. The largest absolute Gasteiger partial charge is 0.468 e. The van der Waals surface area contributed by atoms with Crippen LogP contribution in [0.1, 0.15) is 46.0 Å². The van der Waals surface area contributed by atoms with Crippen LogP contribution in [-0.2, 0) is 57.9 Å². The molecule has 10 N–H and O–H groups in total. The number of para-hydroxylation sites is 2. The highest BCUT2D eigenvalue weighted by Crippen LogP contribution is 2.49. The number of aliphatic hydroxyl groups excluding tert-OH is 4. The van der Waals surface area contributed by atoms with Crippen LogP contribution in [0.3, 0.4) is 0 Å². The summed E-state index contributed by atoms with van der Waals surface area (Å²) in [6, 6.07) is 27.3. The number of aliphatic hydroxyl groups is 4. The van der Waals surface area contributed by atoms with E-state index in [2.05, 4.69) is 25.1 Å². The van der Waals surface area contributed by atoms with Gasteiger partial charge in [0, 0.05) is 12.4 Å². The van der Waals surface area contributed by atoms with Gasteiger partial charge in [0.05, 0.1) is 60.7 Å². The molecular formula is C50H60N10O16P2. The topological polar surface area (TPSA) is 381 Å². The summed E-state index contributed by atoms with van der Waals surface area (Å²) in [6.45, 7) is 7.51. The number of nitrogens with zero attached hydrogens (tertiary/aromatic N) is 6. The molecule has 2 fully saturated rings. The van der Waals surface area contributed by atoms with Crippen LogP contribution in [0.4, 0.5) is 11.4 Å². The molecule has 0 spiro atoms. The number of ether oxygens (including phenoxy) is 4. The first-order valence-corrected chi connectivity index (χ1v) is 27.2. The van der Waals surface area contributed by atoms with Crippen molar-refractivity contribution in [3.05, 3.63) is 121 Å². The highest BCUT2D eigenvalue weighted by molar-refractivity contribution is 7.52. The van der Waals surface area contributed by atoms with Crippen molar-refractivity contribution in [3.8, 4) is 23.6 Å². The molecule has 6 heterocycles. The number of benzene rings is 2. The molecule has 2 saturated heterocycles. The zero-order valence-electron chi connectivity index (χ0n) is 43.1. The van der Waals surface area contributed by atoms with E-state index < -0.39 is 101 Å². The predicted molar refractivity (Wildman–Crippen MR) is 276 cm³/mol. The Morgan fingerprint density at radius 1 is 0.692 bits per heavy atom. The lowest BCUT2D eigenvalue weighted by molar-refractivity contribution is -0.148. The summed E-state index contributed by atoms with van der Waals surface area (Å²) in [5, 5.41) is 77.1. The number of nitrogens with two attached hydrogens (primary N) is 2. The highest BCUT2D eigenvalue weighted by Gasteiger charge is 2.59. The van der Waals surface area contributed by atoms with E-state index in [1.165, 1.54) is 66.6 Å². The van der Waals surface area contributed by atoms with E-state index in [0.29, 0.717) is 22.4 Å². The Balaban J connectivity index is 0.000000227. The summed E-state index contributed by atoms with van der Waals surface area (Å²) >= 11 is 0. The number of fused-ring (bicyclic) bond motifs is 2. The third-order valence-electron chi connectivity index (χ3n) is 12.2. The van der Waals surface area contributed by atoms with Gasteiger partial charge in [-0.3, -0.25) is 18.6 Å². The zero-order chi connectivity index (χ0) is 56.8. The zero-order valence-corrected chi connectivity index (χ0v) is 44.8. The van der Waals surface area contributed by atoms with Crippen molar-refractivity contribution in [1.29, 1.82) is 10.5 Å². The number of hydrogen-bond acceptors (Lipinski definition) is 22. The lowest BCUT2D eigenvalue weighted by atomic mass is 9.92. The van der Waals surface area contributed by atoms with E-state index >= 15 is 0 Å².